The van der Waals surface area contributed by atoms with Gasteiger partial charge in [-0.1, -0.05) is 29.8 Å². The van der Waals surface area contributed by atoms with E-state index in [4.69, 9.17) is 16.3 Å². The quantitative estimate of drug-likeness (QED) is 0.549. The van der Waals surface area contributed by atoms with Gasteiger partial charge in [-0.05, 0) is 43.3 Å². The van der Waals surface area contributed by atoms with E-state index in [9.17, 15) is 4.79 Å². The molecule has 0 aliphatic heterocycles. The number of anilines is 1. The summed E-state index contributed by atoms with van der Waals surface area (Å²) in [6.07, 6.45) is 1.48. The molecule has 0 saturated heterocycles. The molecule has 4 aromatic rings. The maximum atomic E-state index is 12.7. The second kappa shape index (κ2) is 7.32. The van der Waals surface area contributed by atoms with Gasteiger partial charge in [0, 0.05) is 11.9 Å². The number of nitrogens with one attached hydrogen (secondary N) is 1. The number of pyridine rings is 1. The molecule has 0 fully saturated rings. The van der Waals surface area contributed by atoms with Crippen LogP contribution in [0.3, 0.4) is 0 Å². The Morgan fingerprint density at radius 3 is 2.50 bits per heavy atom. The summed E-state index contributed by atoms with van der Waals surface area (Å²) in [5.41, 5.74) is 3.11. The van der Waals surface area contributed by atoms with Gasteiger partial charge in [0.05, 0.1) is 34.5 Å². The number of nitrogens with zero attached hydrogens (tertiary/aromatic N) is 3. The van der Waals surface area contributed by atoms with Crippen molar-refractivity contribution in [2.24, 2.45) is 0 Å². The number of fused-ring (bicyclic) bond motifs is 1. The van der Waals surface area contributed by atoms with Gasteiger partial charge in [0.1, 0.15) is 5.75 Å². The average molecular weight is 393 g/mol. The molecule has 6 nitrogen and oxygen atoms in total. The lowest BCUT2D eigenvalue weighted by atomic mass is 10.2. The number of aromatic nitrogens is 3. The molecule has 7 heteroatoms. The number of carbonyl (C=O) groups excluding carboxylic acids is 1. The van der Waals surface area contributed by atoms with Crippen molar-refractivity contribution in [3.05, 3.63) is 77.1 Å². The van der Waals surface area contributed by atoms with E-state index in [0.29, 0.717) is 38.8 Å². The second-order valence-electron chi connectivity index (χ2n) is 6.20. The predicted octanol–water partition coefficient (Wildman–Crippen LogP) is 4.64. The molecule has 140 valence electrons. The highest BCUT2D eigenvalue weighted by molar-refractivity contribution is 6.39. The van der Waals surface area contributed by atoms with Crippen molar-refractivity contribution in [1.29, 1.82) is 0 Å². The second-order valence-corrected chi connectivity index (χ2v) is 6.58. The van der Waals surface area contributed by atoms with Gasteiger partial charge in [-0.2, -0.15) is 5.10 Å². The third-order valence-corrected chi connectivity index (χ3v) is 4.79. The van der Waals surface area contributed by atoms with Crippen LogP contribution in [0.25, 0.3) is 16.7 Å². The van der Waals surface area contributed by atoms with Crippen LogP contribution < -0.4 is 10.1 Å². The van der Waals surface area contributed by atoms with Crippen LogP contribution >= 0.6 is 11.6 Å². The third kappa shape index (κ3) is 3.18. The van der Waals surface area contributed by atoms with Crippen LogP contribution in [0.15, 0.2) is 60.8 Å². The van der Waals surface area contributed by atoms with E-state index >= 15 is 0 Å². The highest BCUT2D eigenvalue weighted by Crippen LogP contribution is 2.30. The molecule has 0 bridgehead atoms. The van der Waals surface area contributed by atoms with Crippen LogP contribution in [0, 0.1) is 6.92 Å². The first-order chi connectivity index (χ1) is 13.6. The lowest BCUT2D eigenvalue weighted by Gasteiger charge is -2.08. The van der Waals surface area contributed by atoms with Crippen LogP contribution in [0.1, 0.15) is 16.1 Å². The van der Waals surface area contributed by atoms with E-state index < -0.39 is 0 Å². The van der Waals surface area contributed by atoms with Gasteiger partial charge in [0.15, 0.2) is 5.65 Å². The summed E-state index contributed by atoms with van der Waals surface area (Å²) in [4.78, 5) is 17.2. The highest BCUT2D eigenvalue weighted by atomic mass is 35.5. The Morgan fingerprint density at radius 1 is 1.11 bits per heavy atom. The van der Waals surface area contributed by atoms with E-state index in [0.717, 1.165) is 5.69 Å². The number of hydrogen-bond donors (Lipinski definition) is 1. The minimum absolute atomic E-state index is 0.292. The largest absolute Gasteiger partial charge is 0.497 e. The first-order valence-electron chi connectivity index (χ1n) is 8.63. The Labute approximate surface area is 166 Å². The van der Waals surface area contributed by atoms with E-state index in [-0.39, 0.29) is 5.91 Å². The van der Waals surface area contributed by atoms with Crippen LogP contribution in [-0.2, 0) is 0 Å². The topological polar surface area (TPSA) is 69.0 Å². The molecule has 2 aromatic heterocycles. The average Bonchev–Trinajstić information content (AvgIpc) is 3.07. The molecule has 4 rings (SSSR count). The van der Waals surface area contributed by atoms with E-state index in [2.05, 4.69) is 15.4 Å². The summed E-state index contributed by atoms with van der Waals surface area (Å²) in [5.74, 6) is 0.375. The summed E-state index contributed by atoms with van der Waals surface area (Å²) < 4.78 is 6.85. The molecule has 0 spiro atoms. The standard InChI is InChI=1S/C21H17ClN4O2/c1-13-18-19(22)17(21(27)24-14-8-10-16(28-2)11-9-14)12-23-20(18)26(25-13)15-6-4-3-5-7-15/h3-12H,1-2H3,(H,24,27). The Morgan fingerprint density at radius 2 is 1.82 bits per heavy atom. The summed E-state index contributed by atoms with van der Waals surface area (Å²) >= 11 is 6.58. The van der Waals surface area contributed by atoms with Gasteiger partial charge in [-0.25, -0.2) is 9.67 Å². The molecular formula is C21H17ClN4O2. The molecule has 0 saturated carbocycles. The van der Waals surface area contributed by atoms with Crippen LogP contribution in [-0.4, -0.2) is 27.8 Å². The number of benzene rings is 2. The normalized spacial score (nSPS) is 10.8. The summed E-state index contributed by atoms with van der Waals surface area (Å²) in [7, 11) is 1.59. The molecule has 0 atom stereocenters. The molecular weight excluding hydrogens is 376 g/mol. The number of ether oxygens (including phenoxy) is 1. The van der Waals surface area contributed by atoms with E-state index in [1.165, 1.54) is 6.20 Å². The monoisotopic (exact) mass is 392 g/mol. The smallest absolute Gasteiger partial charge is 0.258 e. The van der Waals surface area contributed by atoms with E-state index in [1.807, 2.05) is 37.3 Å². The fraction of sp³-hybridized carbons (Fsp3) is 0.0952. The zero-order valence-corrected chi connectivity index (χ0v) is 16.1. The lowest BCUT2D eigenvalue weighted by molar-refractivity contribution is 0.102. The summed E-state index contributed by atoms with van der Waals surface area (Å²) in [6, 6.07) is 16.7. The van der Waals surface area contributed by atoms with Crippen molar-refractivity contribution in [3.63, 3.8) is 0 Å². The van der Waals surface area contributed by atoms with Gasteiger partial charge in [-0.15, -0.1) is 0 Å². The molecule has 0 aliphatic carbocycles. The zero-order chi connectivity index (χ0) is 19.7. The number of halogens is 1. The van der Waals surface area contributed by atoms with Gasteiger partial charge >= 0.3 is 0 Å². The number of para-hydroxylation sites is 1. The first-order valence-corrected chi connectivity index (χ1v) is 9.01. The van der Waals surface area contributed by atoms with Gasteiger partial charge < -0.3 is 10.1 Å². The zero-order valence-electron chi connectivity index (χ0n) is 15.3. The number of amides is 1. The number of rotatable bonds is 4. The van der Waals surface area contributed by atoms with E-state index in [1.54, 1.807) is 36.1 Å². The number of methoxy groups -OCH3 is 1. The maximum absolute atomic E-state index is 12.7. The predicted molar refractivity (Wildman–Crippen MR) is 110 cm³/mol. The molecule has 1 amide bonds. The number of hydrogen-bond acceptors (Lipinski definition) is 4. The van der Waals surface area contributed by atoms with Gasteiger partial charge in [0.2, 0.25) is 0 Å². The van der Waals surface area contributed by atoms with Gasteiger partial charge in [-0.3, -0.25) is 4.79 Å². The molecule has 0 unspecified atom stereocenters. The third-order valence-electron chi connectivity index (χ3n) is 4.40. The van der Waals surface area contributed by atoms with Crippen LogP contribution in [0.4, 0.5) is 5.69 Å². The summed E-state index contributed by atoms with van der Waals surface area (Å²) in [5, 5.41) is 8.36. The molecule has 0 radical (unpaired) electrons. The molecule has 0 aliphatic rings. The SMILES string of the molecule is COc1ccc(NC(=O)c2cnc3c(c(C)nn3-c3ccccc3)c2Cl)cc1. The fourth-order valence-electron chi connectivity index (χ4n) is 2.99. The van der Waals surface area contributed by atoms with Gasteiger partial charge in [0.25, 0.3) is 5.91 Å². The number of carbonyl (C=O) groups is 1. The van der Waals surface area contributed by atoms with Crippen molar-refractivity contribution in [3.8, 4) is 11.4 Å². The molecule has 2 aromatic carbocycles. The maximum Gasteiger partial charge on any atom is 0.258 e. The van der Waals surface area contributed by atoms with Crippen molar-refractivity contribution in [2.75, 3.05) is 12.4 Å². The summed E-state index contributed by atoms with van der Waals surface area (Å²) in [6.45, 7) is 1.85. The molecule has 1 N–H and O–H groups in total. The highest BCUT2D eigenvalue weighted by Gasteiger charge is 2.20. The molecule has 2 heterocycles. The fourth-order valence-corrected chi connectivity index (χ4v) is 3.34. The Balaban J connectivity index is 1.71. The Hall–Kier alpha value is -3.38. The minimum Gasteiger partial charge on any atom is -0.497 e. The molecule has 28 heavy (non-hydrogen) atoms. The van der Waals surface area contributed by atoms with Crippen LogP contribution in [0.5, 0.6) is 5.75 Å². The van der Waals surface area contributed by atoms with Crippen molar-refractivity contribution in [2.45, 2.75) is 6.92 Å². The van der Waals surface area contributed by atoms with Crippen molar-refractivity contribution < 1.29 is 9.53 Å². The Bertz CT molecular complexity index is 1150. The number of aryl methyl sites for hydroxylation is 1. The minimum atomic E-state index is -0.337. The van der Waals surface area contributed by atoms with Crippen molar-refractivity contribution >= 4 is 34.2 Å². The Kier molecular flexibility index (Phi) is 4.71. The van der Waals surface area contributed by atoms with Crippen molar-refractivity contribution in [1.82, 2.24) is 14.8 Å². The van der Waals surface area contributed by atoms with Crippen LogP contribution in [0.2, 0.25) is 5.02 Å². The first kappa shape index (κ1) is 18.0. The lowest BCUT2D eigenvalue weighted by Crippen LogP contribution is -2.13.